The summed E-state index contributed by atoms with van der Waals surface area (Å²) < 4.78 is 13.0. The highest BCUT2D eigenvalue weighted by Crippen LogP contribution is 2.20. The van der Waals surface area contributed by atoms with Gasteiger partial charge in [0.1, 0.15) is 6.17 Å². The van der Waals surface area contributed by atoms with Crippen LogP contribution >= 0.6 is 0 Å². The first kappa shape index (κ1) is 9.93. The molecule has 0 spiro atoms. The maximum absolute atomic E-state index is 13.0. The summed E-state index contributed by atoms with van der Waals surface area (Å²) in [5.74, 6) is 0. The van der Waals surface area contributed by atoms with E-state index in [1.807, 2.05) is 0 Å². The topological polar surface area (TPSA) is 29.3 Å². The first-order valence-corrected chi connectivity index (χ1v) is 4.56. The van der Waals surface area contributed by atoms with Crippen molar-refractivity contribution in [2.45, 2.75) is 44.9 Å². The van der Waals surface area contributed by atoms with Crippen LogP contribution in [0, 0.1) is 0 Å². The van der Waals surface area contributed by atoms with E-state index in [0.29, 0.717) is 13.0 Å². The molecule has 1 saturated heterocycles. The molecule has 0 aromatic carbocycles. The molecule has 12 heavy (non-hydrogen) atoms. The van der Waals surface area contributed by atoms with E-state index in [-0.39, 0.29) is 11.6 Å². The average Bonchev–Trinajstić information content (AvgIpc) is 1.92. The minimum absolute atomic E-state index is 0.123. The molecular weight excluding hydrogens is 155 g/mol. The lowest BCUT2D eigenvalue weighted by molar-refractivity contribution is 0.0593. The fourth-order valence-electron chi connectivity index (χ4n) is 1.56. The van der Waals surface area contributed by atoms with Gasteiger partial charge >= 0.3 is 0 Å². The second kappa shape index (κ2) is 3.30. The Hall–Kier alpha value is -0.150. The molecule has 2 nitrogen and oxygen atoms in total. The second-order valence-corrected chi connectivity index (χ2v) is 4.59. The van der Waals surface area contributed by atoms with E-state index in [0.717, 1.165) is 6.54 Å². The van der Waals surface area contributed by atoms with Crippen LogP contribution < -0.4 is 5.73 Å². The predicted octanol–water partition coefficient (Wildman–Crippen LogP) is 1.16. The highest BCUT2D eigenvalue weighted by atomic mass is 19.1. The molecule has 3 heteroatoms. The van der Waals surface area contributed by atoms with Gasteiger partial charge in [0.25, 0.3) is 0 Å². The maximum Gasteiger partial charge on any atom is 0.118 e. The molecule has 1 fully saturated rings. The average molecular weight is 174 g/mol. The molecule has 1 aliphatic heterocycles. The van der Waals surface area contributed by atoms with Crippen molar-refractivity contribution in [3.8, 4) is 0 Å². The Morgan fingerprint density at radius 2 is 2.00 bits per heavy atom. The molecule has 0 radical (unpaired) electrons. The summed E-state index contributed by atoms with van der Waals surface area (Å²) in [5, 5.41) is 0. The summed E-state index contributed by atoms with van der Waals surface area (Å²) in [7, 11) is 0. The van der Waals surface area contributed by atoms with Crippen LogP contribution in [-0.2, 0) is 0 Å². The van der Waals surface area contributed by atoms with Crippen LogP contribution in [-0.4, -0.2) is 35.7 Å². The van der Waals surface area contributed by atoms with Crippen LogP contribution in [0.25, 0.3) is 0 Å². The van der Waals surface area contributed by atoms with Crippen molar-refractivity contribution < 1.29 is 4.39 Å². The third-order valence-corrected chi connectivity index (χ3v) is 2.52. The lowest BCUT2D eigenvalue weighted by Crippen LogP contribution is -2.55. The summed E-state index contributed by atoms with van der Waals surface area (Å²) in [6, 6.07) is -0.294. The minimum atomic E-state index is -0.802. The number of alkyl halides is 1. The molecule has 2 atom stereocenters. The van der Waals surface area contributed by atoms with Gasteiger partial charge in [0.2, 0.25) is 0 Å². The Morgan fingerprint density at radius 1 is 1.42 bits per heavy atom. The Bertz CT molecular complexity index is 153. The number of nitrogens with two attached hydrogens (primary N) is 1. The molecule has 1 heterocycles. The molecule has 0 saturated carbocycles. The number of likely N-dealkylation sites (tertiary alicyclic amines) is 1. The molecule has 1 rings (SSSR count). The van der Waals surface area contributed by atoms with Gasteiger partial charge in [0.15, 0.2) is 0 Å². The molecule has 0 unspecified atom stereocenters. The SMILES string of the molecule is CC(C)(C)N1CC[C@@H](F)[C@H](N)C1. The molecule has 0 aliphatic carbocycles. The third-order valence-electron chi connectivity index (χ3n) is 2.52. The van der Waals surface area contributed by atoms with E-state index < -0.39 is 6.17 Å². The van der Waals surface area contributed by atoms with Gasteiger partial charge in [-0.05, 0) is 27.2 Å². The number of hydrogen-bond donors (Lipinski definition) is 1. The van der Waals surface area contributed by atoms with E-state index in [9.17, 15) is 4.39 Å². The highest BCUT2D eigenvalue weighted by molar-refractivity contribution is 4.88. The van der Waals surface area contributed by atoms with Crippen LogP contribution in [0.15, 0.2) is 0 Å². The largest absolute Gasteiger partial charge is 0.324 e. The van der Waals surface area contributed by atoms with Crippen LogP contribution in [0.4, 0.5) is 4.39 Å². The fourth-order valence-corrected chi connectivity index (χ4v) is 1.56. The van der Waals surface area contributed by atoms with Gasteiger partial charge < -0.3 is 5.73 Å². The number of halogens is 1. The van der Waals surface area contributed by atoms with Gasteiger partial charge in [-0.3, -0.25) is 4.90 Å². The second-order valence-electron chi connectivity index (χ2n) is 4.59. The number of hydrogen-bond acceptors (Lipinski definition) is 2. The molecular formula is C9H19FN2. The highest BCUT2D eigenvalue weighted by Gasteiger charge is 2.31. The standard InChI is InChI=1S/C9H19FN2/c1-9(2,3)12-5-4-7(10)8(11)6-12/h7-8H,4-6,11H2,1-3H3/t7-,8-/m1/s1. The van der Waals surface area contributed by atoms with Crippen molar-refractivity contribution in [1.29, 1.82) is 0 Å². The van der Waals surface area contributed by atoms with Crippen molar-refractivity contribution in [2.24, 2.45) is 5.73 Å². The summed E-state index contributed by atoms with van der Waals surface area (Å²) in [6.45, 7) is 7.93. The maximum atomic E-state index is 13.0. The molecule has 0 aromatic rings. The summed E-state index contributed by atoms with van der Waals surface area (Å²) in [6.07, 6.45) is -0.220. The van der Waals surface area contributed by atoms with E-state index in [2.05, 4.69) is 25.7 Å². The zero-order valence-electron chi connectivity index (χ0n) is 8.18. The van der Waals surface area contributed by atoms with Crippen molar-refractivity contribution in [3.05, 3.63) is 0 Å². The van der Waals surface area contributed by atoms with Crippen LogP contribution in [0.5, 0.6) is 0 Å². The van der Waals surface area contributed by atoms with E-state index in [4.69, 9.17) is 5.73 Å². The van der Waals surface area contributed by atoms with Crippen molar-refractivity contribution in [3.63, 3.8) is 0 Å². The lowest BCUT2D eigenvalue weighted by Gasteiger charge is -2.41. The first-order chi connectivity index (χ1) is 5.41. The van der Waals surface area contributed by atoms with Gasteiger partial charge in [-0.15, -0.1) is 0 Å². The molecule has 0 amide bonds. The van der Waals surface area contributed by atoms with Gasteiger partial charge in [-0.2, -0.15) is 0 Å². The van der Waals surface area contributed by atoms with Gasteiger partial charge in [0.05, 0.1) is 0 Å². The van der Waals surface area contributed by atoms with Gasteiger partial charge in [-0.1, -0.05) is 0 Å². The smallest absolute Gasteiger partial charge is 0.118 e. The van der Waals surface area contributed by atoms with Crippen LogP contribution in [0.3, 0.4) is 0 Å². The van der Waals surface area contributed by atoms with Gasteiger partial charge in [-0.25, -0.2) is 4.39 Å². The van der Waals surface area contributed by atoms with Crippen molar-refractivity contribution in [2.75, 3.05) is 13.1 Å². The quantitative estimate of drug-likeness (QED) is 0.597. The Morgan fingerprint density at radius 3 is 2.42 bits per heavy atom. The number of nitrogens with zero attached hydrogens (tertiary/aromatic N) is 1. The first-order valence-electron chi connectivity index (χ1n) is 4.56. The molecule has 0 aromatic heterocycles. The van der Waals surface area contributed by atoms with Crippen LogP contribution in [0.1, 0.15) is 27.2 Å². The third kappa shape index (κ3) is 2.17. The molecule has 1 aliphatic rings. The zero-order chi connectivity index (χ0) is 9.35. The minimum Gasteiger partial charge on any atom is -0.324 e. The Labute approximate surface area is 73.9 Å². The number of piperidine rings is 1. The van der Waals surface area contributed by atoms with Crippen LogP contribution in [0.2, 0.25) is 0 Å². The predicted molar refractivity (Wildman–Crippen MR) is 48.8 cm³/mol. The molecule has 72 valence electrons. The normalized spacial score (nSPS) is 33.8. The monoisotopic (exact) mass is 174 g/mol. The summed E-state index contributed by atoms with van der Waals surface area (Å²) in [5.41, 5.74) is 5.77. The lowest BCUT2D eigenvalue weighted by atomic mass is 9.97. The number of rotatable bonds is 0. The molecule has 2 N–H and O–H groups in total. The van der Waals surface area contributed by atoms with Gasteiger partial charge in [0, 0.05) is 24.7 Å². The van der Waals surface area contributed by atoms with E-state index in [1.54, 1.807) is 0 Å². The van der Waals surface area contributed by atoms with E-state index in [1.165, 1.54) is 0 Å². The zero-order valence-corrected chi connectivity index (χ0v) is 8.18. The molecule has 0 bridgehead atoms. The summed E-state index contributed by atoms with van der Waals surface area (Å²) in [4.78, 5) is 2.24. The Balaban J connectivity index is 2.51. The van der Waals surface area contributed by atoms with E-state index >= 15 is 0 Å². The van der Waals surface area contributed by atoms with Crippen molar-refractivity contribution >= 4 is 0 Å². The fraction of sp³-hybridized carbons (Fsp3) is 1.00. The summed E-state index contributed by atoms with van der Waals surface area (Å²) >= 11 is 0. The van der Waals surface area contributed by atoms with Crippen molar-refractivity contribution in [1.82, 2.24) is 4.90 Å². The Kier molecular flexibility index (Phi) is 2.74.